The first-order valence-electron chi connectivity index (χ1n) is 7.25. The second-order valence-electron chi connectivity index (χ2n) is 7.08. The molecule has 2 aliphatic carbocycles. The van der Waals surface area contributed by atoms with Crippen molar-refractivity contribution in [2.45, 2.75) is 65.8 Å². The minimum Gasteiger partial charge on any atom is -0.314 e. The Bertz CT molecular complexity index is 234. The Morgan fingerprint density at radius 3 is 2.38 bits per heavy atom. The molecule has 2 rings (SSSR count). The zero-order valence-corrected chi connectivity index (χ0v) is 11.6. The van der Waals surface area contributed by atoms with Crippen molar-refractivity contribution in [2.24, 2.45) is 23.2 Å². The first kappa shape index (κ1) is 12.4. The molecule has 0 saturated heterocycles. The van der Waals surface area contributed by atoms with Gasteiger partial charge in [0.2, 0.25) is 0 Å². The average Bonchev–Trinajstić information content (AvgIpc) is 2.73. The number of rotatable bonds is 5. The Balaban J connectivity index is 2.01. The van der Waals surface area contributed by atoms with Crippen molar-refractivity contribution in [3.63, 3.8) is 0 Å². The monoisotopic (exact) mass is 223 g/mol. The predicted octanol–water partition coefficient (Wildman–Crippen LogP) is 3.84. The summed E-state index contributed by atoms with van der Waals surface area (Å²) in [6, 6.07) is 0.642. The van der Waals surface area contributed by atoms with Gasteiger partial charge in [-0.1, -0.05) is 34.1 Å². The largest absolute Gasteiger partial charge is 0.314 e. The molecular weight excluding hydrogens is 194 g/mol. The van der Waals surface area contributed by atoms with E-state index >= 15 is 0 Å². The quantitative estimate of drug-likeness (QED) is 0.747. The van der Waals surface area contributed by atoms with E-state index in [9.17, 15) is 0 Å². The summed E-state index contributed by atoms with van der Waals surface area (Å²) < 4.78 is 0. The van der Waals surface area contributed by atoms with E-state index in [1.165, 1.54) is 38.6 Å². The van der Waals surface area contributed by atoms with E-state index in [2.05, 4.69) is 33.0 Å². The van der Waals surface area contributed by atoms with Crippen LogP contribution in [0.2, 0.25) is 0 Å². The third-order valence-corrected chi connectivity index (χ3v) is 4.78. The highest BCUT2D eigenvalue weighted by atomic mass is 14.9. The summed E-state index contributed by atoms with van der Waals surface area (Å²) >= 11 is 0. The van der Waals surface area contributed by atoms with Crippen LogP contribution in [-0.4, -0.2) is 12.6 Å². The van der Waals surface area contributed by atoms with Gasteiger partial charge in [-0.25, -0.2) is 0 Å². The number of hydrogen-bond acceptors (Lipinski definition) is 1. The van der Waals surface area contributed by atoms with Crippen molar-refractivity contribution in [3.8, 4) is 0 Å². The molecule has 2 saturated carbocycles. The summed E-state index contributed by atoms with van der Waals surface area (Å²) in [5, 5.41) is 3.72. The fourth-order valence-electron chi connectivity index (χ4n) is 4.32. The molecule has 3 unspecified atom stereocenters. The van der Waals surface area contributed by atoms with Gasteiger partial charge in [-0.05, 0) is 48.9 Å². The van der Waals surface area contributed by atoms with E-state index in [0.29, 0.717) is 11.5 Å². The van der Waals surface area contributed by atoms with Crippen LogP contribution in [0.1, 0.15) is 59.8 Å². The van der Waals surface area contributed by atoms with Crippen LogP contribution in [-0.2, 0) is 0 Å². The Hall–Kier alpha value is -0.0400. The molecule has 0 aromatic carbocycles. The normalized spacial score (nSPS) is 37.9. The maximum absolute atomic E-state index is 3.72. The number of hydrogen-bond donors (Lipinski definition) is 1. The molecule has 0 radical (unpaired) electrons. The van der Waals surface area contributed by atoms with E-state index in [1.54, 1.807) is 0 Å². The lowest BCUT2D eigenvalue weighted by atomic mass is 9.68. The summed E-state index contributed by atoms with van der Waals surface area (Å²) in [7, 11) is 0. The smallest absolute Gasteiger partial charge is 0.00130 e. The van der Waals surface area contributed by atoms with Crippen molar-refractivity contribution in [2.75, 3.05) is 6.54 Å². The standard InChI is InChI=1S/C15H29N/c1-11(2)8-15(10-16-12(3)4)9-13-5-6-14(15)7-13/h11-14,16H,5-10H2,1-4H3. The lowest BCUT2D eigenvalue weighted by molar-refractivity contribution is 0.120. The minimum atomic E-state index is 0.642. The zero-order valence-electron chi connectivity index (χ0n) is 11.6. The van der Waals surface area contributed by atoms with Crippen LogP contribution in [0, 0.1) is 23.2 Å². The number of nitrogens with one attached hydrogen (secondary N) is 1. The Morgan fingerprint density at radius 2 is 1.94 bits per heavy atom. The van der Waals surface area contributed by atoms with Gasteiger partial charge in [0.1, 0.15) is 0 Å². The molecule has 0 aromatic heterocycles. The van der Waals surface area contributed by atoms with Gasteiger partial charge in [-0.15, -0.1) is 0 Å². The Kier molecular flexibility index (Phi) is 3.63. The predicted molar refractivity (Wildman–Crippen MR) is 70.5 cm³/mol. The van der Waals surface area contributed by atoms with Crippen LogP contribution in [0.5, 0.6) is 0 Å². The van der Waals surface area contributed by atoms with E-state index in [0.717, 1.165) is 17.8 Å². The van der Waals surface area contributed by atoms with Crippen LogP contribution >= 0.6 is 0 Å². The van der Waals surface area contributed by atoms with Crippen molar-refractivity contribution >= 4 is 0 Å². The van der Waals surface area contributed by atoms with Crippen molar-refractivity contribution in [3.05, 3.63) is 0 Å². The van der Waals surface area contributed by atoms with Crippen molar-refractivity contribution in [1.29, 1.82) is 0 Å². The number of fused-ring (bicyclic) bond motifs is 2. The van der Waals surface area contributed by atoms with E-state index < -0.39 is 0 Å². The molecule has 16 heavy (non-hydrogen) atoms. The maximum atomic E-state index is 3.72. The second kappa shape index (κ2) is 4.68. The molecule has 3 atom stereocenters. The topological polar surface area (TPSA) is 12.0 Å². The molecule has 0 heterocycles. The average molecular weight is 223 g/mol. The molecule has 1 nitrogen and oxygen atoms in total. The third kappa shape index (κ3) is 2.45. The van der Waals surface area contributed by atoms with Gasteiger partial charge in [0, 0.05) is 12.6 Å². The van der Waals surface area contributed by atoms with Gasteiger partial charge in [-0.3, -0.25) is 0 Å². The summed E-state index contributed by atoms with van der Waals surface area (Å²) in [5.74, 6) is 2.96. The highest BCUT2D eigenvalue weighted by molar-refractivity contribution is 5.01. The highest BCUT2D eigenvalue weighted by Crippen LogP contribution is 2.58. The van der Waals surface area contributed by atoms with Gasteiger partial charge < -0.3 is 5.32 Å². The Labute approximate surface area is 101 Å². The maximum Gasteiger partial charge on any atom is 0.00130 e. The molecule has 0 spiro atoms. The van der Waals surface area contributed by atoms with Gasteiger partial charge in [0.15, 0.2) is 0 Å². The fourth-order valence-corrected chi connectivity index (χ4v) is 4.32. The molecule has 0 amide bonds. The van der Waals surface area contributed by atoms with Gasteiger partial charge in [-0.2, -0.15) is 0 Å². The van der Waals surface area contributed by atoms with Gasteiger partial charge in [0.25, 0.3) is 0 Å². The van der Waals surface area contributed by atoms with Gasteiger partial charge in [0.05, 0.1) is 0 Å². The molecule has 94 valence electrons. The molecule has 1 heteroatoms. The van der Waals surface area contributed by atoms with E-state index in [4.69, 9.17) is 0 Å². The van der Waals surface area contributed by atoms with Crippen LogP contribution in [0.25, 0.3) is 0 Å². The minimum absolute atomic E-state index is 0.642. The van der Waals surface area contributed by atoms with Crippen LogP contribution in [0.3, 0.4) is 0 Å². The van der Waals surface area contributed by atoms with E-state index in [1.807, 2.05) is 0 Å². The van der Waals surface area contributed by atoms with E-state index in [-0.39, 0.29) is 0 Å². The third-order valence-electron chi connectivity index (χ3n) is 4.78. The highest BCUT2D eigenvalue weighted by Gasteiger charge is 2.50. The lowest BCUT2D eigenvalue weighted by Crippen LogP contribution is -2.42. The molecule has 2 fully saturated rings. The summed E-state index contributed by atoms with van der Waals surface area (Å²) in [4.78, 5) is 0. The summed E-state index contributed by atoms with van der Waals surface area (Å²) in [6.45, 7) is 10.6. The summed E-state index contributed by atoms with van der Waals surface area (Å²) in [5.41, 5.74) is 0.654. The molecule has 1 N–H and O–H groups in total. The van der Waals surface area contributed by atoms with Crippen LogP contribution < -0.4 is 5.32 Å². The molecule has 0 aromatic rings. The first-order valence-corrected chi connectivity index (χ1v) is 7.25. The first-order chi connectivity index (χ1) is 7.52. The lowest BCUT2D eigenvalue weighted by Gasteiger charge is -2.40. The van der Waals surface area contributed by atoms with Crippen LogP contribution in [0.15, 0.2) is 0 Å². The van der Waals surface area contributed by atoms with Gasteiger partial charge >= 0.3 is 0 Å². The molecule has 2 bridgehead atoms. The zero-order chi connectivity index (χ0) is 11.8. The Morgan fingerprint density at radius 1 is 1.19 bits per heavy atom. The summed E-state index contributed by atoms with van der Waals surface area (Å²) in [6.07, 6.45) is 7.51. The molecular formula is C15H29N. The fraction of sp³-hybridized carbons (Fsp3) is 1.00. The van der Waals surface area contributed by atoms with Crippen molar-refractivity contribution in [1.82, 2.24) is 5.32 Å². The second-order valence-corrected chi connectivity index (χ2v) is 7.08. The SMILES string of the molecule is CC(C)CC1(CNC(C)C)CC2CCC1C2. The van der Waals surface area contributed by atoms with Crippen LogP contribution in [0.4, 0.5) is 0 Å². The molecule has 2 aliphatic rings. The van der Waals surface area contributed by atoms with Crippen molar-refractivity contribution < 1.29 is 0 Å². The molecule has 0 aliphatic heterocycles.